The molecule has 0 aliphatic heterocycles. The van der Waals surface area contributed by atoms with Crippen LogP contribution < -0.4 is 5.59 Å². The molecule has 0 radical (unpaired) electrons. The fourth-order valence-electron chi connectivity index (χ4n) is 0.353. The van der Waals surface area contributed by atoms with Gasteiger partial charge >= 0.3 is 0 Å². The number of hydrogen-bond donors (Lipinski definition) is 1. The molecule has 0 rings (SSSR count). The standard InChI is InChI=1S/C5H13N3O2/c1-4-10-7-8(9)6-5(2)3/h5H,4H2,1-3H3,(H,6,7). The monoisotopic (exact) mass is 147 g/mol. The molecule has 1 N–H and O–H groups in total. The molecule has 0 aromatic carbocycles. The predicted molar refractivity (Wildman–Crippen MR) is 36.0 cm³/mol. The first-order chi connectivity index (χ1) is 4.66. The summed E-state index contributed by atoms with van der Waals surface area (Å²) in [5.74, 6) is 0. The highest BCUT2D eigenvalue weighted by Gasteiger charge is 1.95. The van der Waals surface area contributed by atoms with Crippen LogP contribution in [0.15, 0.2) is 5.11 Å². The molecule has 0 spiro atoms. The third kappa shape index (κ3) is 5.30. The molecule has 0 aromatic heterocycles. The molecule has 0 fully saturated rings. The molecule has 0 saturated heterocycles. The van der Waals surface area contributed by atoms with Gasteiger partial charge in [-0.15, -0.1) is 0 Å². The molecule has 0 aliphatic carbocycles. The van der Waals surface area contributed by atoms with E-state index in [-0.39, 0.29) is 6.04 Å². The third-order valence-corrected chi connectivity index (χ3v) is 0.623. The predicted octanol–water partition coefficient (Wildman–Crippen LogP) is 0.813. The largest absolute Gasteiger partial charge is 0.570 e. The van der Waals surface area contributed by atoms with Crippen molar-refractivity contribution in [2.75, 3.05) is 6.61 Å². The molecule has 0 amide bonds. The Morgan fingerprint density at radius 2 is 2.30 bits per heavy atom. The Balaban J connectivity index is 3.49. The van der Waals surface area contributed by atoms with Crippen molar-refractivity contribution in [1.29, 1.82) is 0 Å². The minimum absolute atomic E-state index is 0.0227. The van der Waals surface area contributed by atoms with Crippen LogP contribution in [0.1, 0.15) is 20.8 Å². The molecule has 0 atom stereocenters. The Morgan fingerprint density at radius 3 is 2.70 bits per heavy atom. The molecular weight excluding hydrogens is 134 g/mol. The van der Waals surface area contributed by atoms with Crippen molar-refractivity contribution in [3.63, 3.8) is 0 Å². The lowest BCUT2D eigenvalue weighted by molar-refractivity contribution is -0.646. The first kappa shape index (κ1) is 9.16. The van der Waals surface area contributed by atoms with Crippen LogP contribution in [0.5, 0.6) is 0 Å². The first-order valence-corrected chi connectivity index (χ1v) is 3.22. The fourth-order valence-corrected chi connectivity index (χ4v) is 0.353. The average molecular weight is 147 g/mol. The zero-order chi connectivity index (χ0) is 7.98. The second-order valence-corrected chi connectivity index (χ2v) is 2.01. The maximum absolute atomic E-state index is 10.5. The van der Waals surface area contributed by atoms with Crippen LogP contribution >= 0.6 is 0 Å². The highest BCUT2D eigenvalue weighted by Crippen LogP contribution is 1.84. The number of hydrazine groups is 1. The van der Waals surface area contributed by atoms with Crippen LogP contribution in [0, 0.1) is 5.21 Å². The number of rotatable bonds is 4. The Labute approximate surface area is 60.2 Å². The highest BCUT2D eigenvalue weighted by atomic mass is 16.7. The minimum atomic E-state index is -0.0227. The van der Waals surface area contributed by atoms with Gasteiger partial charge in [0.2, 0.25) is 0 Å². The van der Waals surface area contributed by atoms with Gasteiger partial charge in [0.05, 0.1) is 11.6 Å². The summed E-state index contributed by atoms with van der Waals surface area (Å²) in [6, 6.07) is -0.0227. The van der Waals surface area contributed by atoms with E-state index in [1.165, 1.54) is 0 Å². The van der Waals surface area contributed by atoms with Gasteiger partial charge in [-0.05, 0) is 26.4 Å². The van der Waals surface area contributed by atoms with Crippen molar-refractivity contribution in [2.24, 2.45) is 5.11 Å². The van der Waals surface area contributed by atoms with Crippen LogP contribution in [0.3, 0.4) is 0 Å². The van der Waals surface area contributed by atoms with Gasteiger partial charge in [-0.2, -0.15) is 0 Å². The molecule has 0 unspecified atom stereocenters. The van der Waals surface area contributed by atoms with Crippen molar-refractivity contribution in [1.82, 2.24) is 5.59 Å². The van der Waals surface area contributed by atoms with Gasteiger partial charge in [0.25, 0.3) is 0 Å². The first-order valence-electron chi connectivity index (χ1n) is 3.22. The minimum Gasteiger partial charge on any atom is -0.570 e. The van der Waals surface area contributed by atoms with Crippen LogP contribution in [0.2, 0.25) is 0 Å². The molecule has 60 valence electrons. The van der Waals surface area contributed by atoms with Gasteiger partial charge < -0.3 is 5.21 Å². The lowest BCUT2D eigenvalue weighted by Crippen LogP contribution is -2.23. The smallest absolute Gasteiger partial charge is 0.111 e. The van der Waals surface area contributed by atoms with Crippen molar-refractivity contribution in [2.45, 2.75) is 26.8 Å². The van der Waals surface area contributed by atoms with Gasteiger partial charge in [0, 0.05) is 5.11 Å². The number of hydrogen-bond acceptors (Lipinski definition) is 3. The van der Waals surface area contributed by atoms with E-state index in [0.29, 0.717) is 11.6 Å². The van der Waals surface area contributed by atoms with Gasteiger partial charge in [0.15, 0.2) is 0 Å². The number of nitrogens with zero attached hydrogens (tertiary/aromatic N) is 2. The van der Waals surface area contributed by atoms with E-state index in [9.17, 15) is 5.21 Å². The van der Waals surface area contributed by atoms with Crippen molar-refractivity contribution in [3.8, 4) is 0 Å². The normalized spacial score (nSPS) is 12.2. The van der Waals surface area contributed by atoms with E-state index < -0.39 is 0 Å². The average Bonchev–Trinajstić information content (AvgIpc) is 1.82. The van der Waals surface area contributed by atoms with Crippen LogP contribution in [0.4, 0.5) is 0 Å². The summed E-state index contributed by atoms with van der Waals surface area (Å²) >= 11 is 0. The summed E-state index contributed by atoms with van der Waals surface area (Å²) in [4.78, 5) is 4.88. The fraction of sp³-hybridized carbons (Fsp3) is 1.00. The number of nitrogens with one attached hydrogen (secondary N) is 1. The Hall–Kier alpha value is -0.840. The zero-order valence-electron chi connectivity index (χ0n) is 6.50. The second-order valence-electron chi connectivity index (χ2n) is 2.01. The molecule has 0 saturated carbocycles. The Morgan fingerprint density at radius 1 is 1.70 bits per heavy atom. The van der Waals surface area contributed by atoms with E-state index in [1.54, 1.807) is 20.8 Å². The quantitative estimate of drug-likeness (QED) is 0.363. The molecule has 0 aromatic rings. The summed E-state index contributed by atoms with van der Waals surface area (Å²) in [6.45, 7) is 5.82. The van der Waals surface area contributed by atoms with Crippen LogP contribution in [-0.2, 0) is 4.84 Å². The van der Waals surface area contributed by atoms with E-state index in [0.717, 1.165) is 0 Å². The molecule has 0 heterocycles. The van der Waals surface area contributed by atoms with Crippen molar-refractivity contribution in [3.05, 3.63) is 5.21 Å². The van der Waals surface area contributed by atoms with Gasteiger partial charge in [0.1, 0.15) is 6.04 Å². The lowest BCUT2D eigenvalue weighted by atomic mass is 10.4. The molecule has 0 aliphatic rings. The van der Waals surface area contributed by atoms with E-state index in [1.807, 2.05) is 0 Å². The van der Waals surface area contributed by atoms with E-state index >= 15 is 0 Å². The molecule has 0 bridgehead atoms. The topological polar surface area (TPSA) is 59.7 Å². The zero-order valence-corrected chi connectivity index (χ0v) is 6.50. The van der Waals surface area contributed by atoms with Crippen LogP contribution in [0.25, 0.3) is 0 Å². The highest BCUT2D eigenvalue weighted by molar-refractivity contribution is 4.37. The molecule has 10 heavy (non-hydrogen) atoms. The second kappa shape index (κ2) is 4.99. The van der Waals surface area contributed by atoms with Gasteiger partial charge in [-0.3, -0.25) is 0 Å². The summed E-state index contributed by atoms with van der Waals surface area (Å²) in [7, 11) is 0. The Bertz CT molecular complexity index is 113. The SMILES string of the molecule is CCON[N+]([O-])=NC(C)C. The molecular formula is C5H13N3O2. The lowest BCUT2D eigenvalue weighted by Gasteiger charge is -2.00. The summed E-state index contributed by atoms with van der Waals surface area (Å²) in [5.41, 5.74) is 2.07. The van der Waals surface area contributed by atoms with Crippen molar-refractivity contribution < 1.29 is 9.81 Å². The summed E-state index contributed by atoms with van der Waals surface area (Å²) in [6.07, 6.45) is 0. The molecule has 5 heteroatoms. The van der Waals surface area contributed by atoms with E-state index in [2.05, 4.69) is 15.5 Å². The summed E-state index contributed by atoms with van der Waals surface area (Å²) in [5, 5.41) is 14.1. The van der Waals surface area contributed by atoms with Crippen molar-refractivity contribution >= 4 is 0 Å². The maximum atomic E-state index is 10.5. The van der Waals surface area contributed by atoms with E-state index in [4.69, 9.17) is 0 Å². The summed E-state index contributed by atoms with van der Waals surface area (Å²) < 4.78 is 0. The Kier molecular flexibility index (Phi) is 4.57. The van der Waals surface area contributed by atoms with Gasteiger partial charge in [-0.25, -0.2) is 4.84 Å². The maximum Gasteiger partial charge on any atom is 0.111 e. The third-order valence-electron chi connectivity index (χ3n) is 0.623. The molecule has 5 nitrogen and oxygen atoms in total. The van der Waals surface area contributed by atoms with Crippen LogP contribution in [-0.4, -0.2) is 17.6 Å². The van der Waals surface area contributed by atoms with Gasteiger partial charge in [-0.1, -0.05) is 0 Å².